The van der Waals surface area contributed by atoms with Gasteiger partial charge in [-0.1, -0.05) is 182 Å². The minimum atomic E-state index is -0.0130. The minimum absolute atomic E-state index is 0.0130. The smallest absolute Gasteiger partial charge is 0.252 e. The van der Waals surface area contributed by atoms with Gasteiger partial charge in [-0.25, -0.2) is 0 Å². The molecule has 2 aliphatic rings. The van der Waals surface area contributed by atoms with Crippen molar-refractivity contribution in [3.63, 3.8) is 0 Å². The van der Waals surface area contributed by atoms with E-state index in [1.165, 1.54) is 83.6 Å². The molecule has 0 saturated heterocycles. The van der Waals surface area contributed by atoms with Crippen molar-refractivity contribution in [2.45, 2.75) is 0 Å². The lowest BCUT2D eigenvalue weighted by Crippen LogP contribution is -2.62. The summed E-state index contributed by atoms with van der Waals surface area (Å²) in [4.78, 5) is 5.02. The number of benzene rings is 9. The van der Waals surface area contributed by atoms with Crippen LogP contribution in [0.15, 0.2) is 224 Å². The summed E-state index contributed by atoms with van der Waals surface area (Å²) in [6.45, 7) is -0.0130. The predicted molar refractivity (Wildman–Crippen MR) is 242 cm³/mol. The average molecular weight is 725 g/mol. The molecule has 3 heteroatoms. The van der Waals surface area contributed by atoms with Crippen molar-refractivity contribution in [3.8, 4) is 44.5 Å². The molecule has 266 valence electrons. The first-order valence-electron chi connectivity index (χ1n) is 19.7. The maximum Gasteiger partial charge on any atom is 0.252 e. The molecule has 0 aliphatic carbocycles. The zero-order valence-electron chi connectivity index (χ0n) is 31.3. The van der Waals surface area contributed by atoms with Gasteiger partial charge in [-0.05, 0) is 97.8 Å². The maximum atomic E-state index is 2.52. The van der Waals surface area contributed by atoms with Crippen LogP contribution in [0.25, 0.3) is 44.5 Å². The molecule has 2 aliphatic heterocycles. The fraction of sp³-hybridized carbons (Fsp3) is 0. The summed E-state index contributed by atoms with van der Waals surface area (Å²) in [6, 6.07) is 81.9. The van der Waals surface area contributed by atoms with Crippen LogP contribution in [0, 0.1) is 0 Å². The molecule has 0 atom stereocenters. The Morgan fingerprint density at radius 3 is 1.19 bits per heavy atom. The molecule has 2 heterocycles. The molecular formula is C54H37BN2. The van der Waals surface area contributed by atoms with Gasteiger partial charge in [0.25, 0.3) is 6.71 Å². The van der Waals surface area contributed by atoms with E-state index in [9.17, 15) is 0 Å². The fourth-order valence-electron chi connectivity index (χ4n) is 9.16. The molecule has 0 amide bonds. The summed E-state index contributed by atoms with van der Waals surface area (Å²) >= 11 is 0. The van der Waals surface area contributed by atoms with Crippen molar-refractivity contribution in [3.05, 3.63) is 224 Å². The fourth-order valence-corrected chi connectivity index (χ4v) is 9.16. The van der Waals surface area contributed by atoms with Gasteiger partial charge in [-0.2, -0.15) is 0 Å². The Labute approximate surface area is 334 Å². The Kier molecular flexibility index (Phi) is 7.96. The number of nitrogens with zero attached hydrogens (tertiary/aromatic N) is 2. The van der Waals surface area contributed by atoms with Crippen LogP contribution in [0.2, 0.25) is 0 Å². The molecule has 0 aromatic heterocycles. The molecule has 0 fully saturated rings. The van der Waals surface area contributed by atoms with Crippen LogP contribution >= 0.6 is 0 Å². The molecule has 0 spiro atoms. The van der Waals surface area contributed by atoms with E-state index in [0.717, 1.165) is 11.4 Å². The molecule has 0 saturated carbocycles. The van der Waals surface area contributed by atoms with Gasteiger partial charge < -0.3 is 9.80 Å². The predicted octanol–water partition coefficient (Wildman–Crippen LogP) is 12.4. The highest BCUT2D eigenvalue weighted by Gasteiger charge is 2.45. The third kappa shape index (κ3) is 5.51. The van der Waals surface area contributed by atoms with Crippen LogP contribution in [-0.2, 0) is 0 Å². The van der Waals surface area contributed by atoms with E-state index >= 15 is 0 Å². The largest absolute Gasteiger partial charge is 0.311 e. The number of hydrogen-bond acceptors (Lipinski definition) is 2. The van der Waals surface area contributed by atoms with Crippen LogP contribution < -0.4 is 26.2 Å². The van der Waals surface area contributed by atoms with Crippen molar-refractivity contribution < 1.29 is 0 Å². The van der Waals surface area contributed by atoms with Crippen LogP contribution in [0.4, 0.5) is 34.1 Å². The number of fused-ring (bicyclic) bond motifs is 4. The van der Waals surface area contributed by atoms with Crippen LogP contribution in [0.1, 0.15) is 0 Å². The summed E-state index contributed by atoms with van der Waals surface area (Å²) in [5, 5.41) is 0. The van der Waals surface area contributed by atoms with E-state index in [1.54, 1.807) is 0 Å². The number of anilines is 6. The van der Waals surface area contributed by atoms with Crippen LogP contribution in [0.3, 0.4) is 0 Å². The Morgan fingerprint density at radius 1 is 0.263 bits per heavy atom. The highest BCUT2D eigenvalue weighted by Crippen LogP contribution is 2.47. The SMILES string of the molecule is c1ccc(-c2ccc(N3c4cccc(-c5ccccc5)c4B4c5cccc(-c6ccccc6)c5N(c5ccc(-c6ccccc6)cc5)c5cccc3c54)cc2)cc1. The van der Waals surface area contributed by atoms with Crippen molar-refractivity contribution in [2.75, 3.05) is 9.80 Å². The van der Waals surface area contributed by atoms with Gasteiger partial charge in [0.05, 0.1) is 0 Å². The maximum absolute atomic E-state index is 2.52. The quantitative estimate of drug-likeness (QED) is 0.158. The molecule has 0 radical (unpaired) electrons. The second-order valence-electron chi connectivity index (χ2n) is 14.9. The lowest BCUT2D eigenvalue weighted by molar-refractivity contribution is 1.25. The molecule has 11 rings (SSSR count). The Balaban J connectivity index is 1.19. The summed E-state index contributed by atoms with van der Waals surface area (Å²) in [7, 11) is 0. The average Bonchev–Trinajstić information content (AvgIpc) is 3.30. The van der Waals surface area contributed by atoms with E-state index < -0.39 is 0 Å². The molecule has 0 unspecified atom stereocenters. The minimum Gasteiger partial charge on any atom is -0.311 e. The second-order valence-corrected chi connectivity index (χ2v) is 14.9. The molecule has 57 heavy (non-hydrogen) atoms. The lowest BCUT2D eigenvalue weighted by Gasteiger charge is -2.45. The van der Waals surface area contributed by atoms with Gasteiger partial charge in [0.1, 0.15) is 0 Å². The molecule has 0 bridgehead atoms. The number of rotatable bonds is 6. The first-order chi connectivity index (χ1) is 28.3. The number of hydrogen-bond donors (Lipinski definition) is 0. The second kappa shape index (κ2) is 13.7. The van der Waals surface area contributed by atoms with Crippen molar-refractivity contribution in [1.29, 1.82) is 0 Å². The summed E-state index contributed by atoms with van der Waals surface area (Å²) in [5.41, 5.74) is 20.7. The van der Waals surface area contributed by atoms with Crippen molar-refractivity contribution in [1.82, 2.24) is 0 Å². The molecular weight excluding hydrogens is 687 g/mol. The van der Waals surface area contributed by atoms with E-state index in [1.807, 2.05) is 0 Å². The Bertz CT molecular complexity index is 2870. The zero-order chi connectivity index (χ0) is 37.7. The Morgan fingerprint density at radius 2 is 0.649 bits per heavy atom. The molecule has 9 aromatic carbocycles. The summed E-state index contributed by atoms with van der Waals surface area (Å²) < 4.78 is 0. The van der Waals surface area contributed by atoms with Crippen molar-refractivity contribution in [2.24, 2.45) is 0 Å². The van der Waals surface area contributed by atoms with E-state index in [-0.39, 0.29) is 6.71 Å². The molecule has 0 N–H and O–H groups in total. The number of para-hydroxylation sites is 1. The van der Waals surface area contributed by atoms with Gasteiger partial charge in [0, 0.05) is 39.7 Å². The third-order valence-electron chi connectivity index (χ3n) is 11.7. The first kappa shape index (κ1) is 33.0. The van der Waals surface area contributed by atoms with E-state index in [0.29, 0.717) is 0 Å². The summed E-state index contributed by atoms with van der Waals surface area (Å²) in [6.07, 6.45) is 0. The van der Waals surface area contributed by atoms with Gasteiger partial charge in [0.2, 0.25) is 0 Å². The highest BCUT2D eigenvalue weighted by molar-refractivity contribution is 7.01. The summed E-state index contributed by atoms with van der Waals surface area (Å²) in [5.74, 6) is 0. The van der Waals surface area contributed by atoms with Crippen LogP contribution in [0.5, 0.6) is 0 Å². The molecule has 2 nitrogen and oxygen atoms in total. The zero-order valence-corrected chi connectivity index (χ0v) is 31.3. The third-order valence-corrected chi connectivity index (χ3v) is 11.7. The van der Waals surface area contributed by atoms with Gasteiger partial charge in [0.15, 0.2) is 0 Å². The van der Waals surface area contributed by atoms with Crippen LogP contribution in [-0.4, -0.2) is 6.71 Å². The van der Waals surface area contributed by atoms with E-state index in [4.69, 9.17) is 0 Å². The topological polar surface area (TPSA) is 6.48 Å². The van der Waals surface area contributed by atoms with Gasteiger partial charge >= 0.3 is 0 Å². The lowest BCUT2D eigenvalue weighted by atomic mass is 9.32. The van der Waals surface area contributed by atoms with Gasteiger partial charge in [-0.3, -0.25) is 0 Å². The standard InChI is InChI=1S/C54H37BN2/c1-5-16-38(17-6-1)40-30-34-44(35-31-40)56-49-27-14-24-46(42-20-9-3-10-21-42)52(49)55-48-26-13-25-47(43-22-11-4-12-23-43)54(48)57(51-29-15-28-50(56)53(51)55)45-36-32-41(33-37-45)39-18-7-2-8-19-39/h1-37H. The monoisotopic (exact) mass is 724 g/mol. The molecule has 9 aromatic rings. The normalized spacial score (nSPS) is 12.5. The van der Waals surface area contributed by atoms with Gasteiger partial charge in [-0.15, -0.1) is 0 Å². The first-order valence-corrected chi connectivity index (χ1v) is 19.7. The van der Waals surface area contributed by atoms with Crippen molar-refractivity contribution >= 4 is 57.2 Å². The van der Waals surface area contributed by atoms with E-state index in [2.05, 4.69) is 234 Å². The highest BCUT2D eigenvalue weighted by atomic mass is 15.2. The Hall–Kier alpha value is -7.36.